The third kappa shape index (κ3) is 5.51. The summed E-state index contributed by atoms with van der Waals surface area (Å²) < 4.78 is 0. The number of benzene rings is 3. The molecule has 1 heterocycles. The van der Waals surface area contributed by atoms with Gasteiger partial charge in [-0.2, -0.15) is 0 Å². The number of benzodiazepines with no additional fused rings is 1. The van der Waals surface area contributed by atoms with E-state index < -0.39 is 18.1 Å². The molecule has 0 aromatic heterocycles. The third-order valence-electron chi connectivity index (χ3n) is 6.30. The first-order valence-electron chi connectivity index (χ1n) is 12.0. The molecule has 0 bridgehead atoms. The molecule has 0 aliphatic carbocycles. The molecule has 4 rings (SSSR count). The average molecular weight is 483 g/mol. The maximum atomic E-state index is 13.3. The van der Waals surface area contributed by atoms with Crippen molar-refractivity contribution in [3.8, 4) is 0 Å². The van der Waals surface area contributed by atoms with Gasteiger partial charge < -0.3 is 15.5 Å². The van der Waals surface area contributed by atoms with Gasteiger partial charge in [0, 0.05) is 24.6 Å². The smallest absolute Gasteiger partial charge is 0.272 e. The van der Waals surface area contributed by atoms with Crippen LogP contribution >= 0.6 is 0 Å². The molecule has 7 heteroatoms. The molecule has 3 aromatic carbocycles. The maximum absolute atomic E-state index is 13.3. The van der Waals surface area contributed by atoms with Crippen LogP contribution in [0.2, 0.25) is 0 Å². The number of carbonyl (C=O) groups is 3. The van der Waals surface area contributed by atoms with Crippen LogP contribution in [0.3, 0.4) is 0 Å². The molecule has 0 radical (unpaired) electrons. The number of amides is 3. The van der Waals surface area contributed by atoms with E-state index in [9.17, 15) is 14.4 Å². The Hall–Kier alpha value is -4.26. The zero-order valence-corrected chi connectivity index (χ0v) is 20.6. The highest BCUT2D eigenvalue weighted by Gasteiger charge is 2.32. The number of nitrogens with zero attached hydrogens (tertiary/aromatic N) is 2. The van der Waals surface area contributed by atoms with Crippen molar-refractivity contribution in [2.45, 2.75) is 38.4 Å². The molecule has 2 N–H and O–H groups in total. The van der Waals surface area contributed by atoms with Crippen molar-refractivity contribution in [1.82, 2.24) is 10.6 Å². The predicted molar refractivity (Wildman–Crippen MR) is 141 cm³/mol. The fraction of sp³-hybridized carbons (Fsp3) is 0.241. The molecule has 1 aliphatic heterocycles. The number of rotatable bonds is 7. The molecule has 3 atom stereocenters. The van der Waals surface area contributed by atoms with Crippen molar-refractivity contribution in [1.29, 1.82) is 0 Å². The summed E-state index contributed by atoms with van der Waals surface area (Å²) in [7, 11) is 1.67. The molecule has 0 saturated heterocycles. The Morgan fingerprint density at radius 1 is 0.917 bits per heavy atom. The van der Waals surface area contributed by atoms with E-state index in [1.54, 1.807) is 14.0 Å². The molecule has 7 nitrogen and oxygen atoms in total. The first kappa shape index (κ1) is 24.9. The molecule has 184 valence electrons. The molecule has 1 aliphatic rings. The topological polar surface area (TPSA) is 90.9 Å². The Balaban J connectivity index is 1.50. The lowest BCUT2D eigenvalue weighted by Gasteiger charge is -2.22. The average Bonchev–Trinajstić information content (AvgIpc) is 3.00. The number of aliphatic imine (C=N–C) groups is 1. The van der Waals surface area contributed by atoms with Gasteiger partial charge in [-0.05, 0) is 24.5 Å². The lowest BCUT2D eigenvalue weighted by atomic mass is 9.97. The number of likely N-dealkylation sites (N-methyl/N-ethyl adjacent to an activating group) is 1. The number of para-hydroxylation sites is 1. The van der Waals surface area contributed by atoms with E-state index in [0.717, 1.165) is 16.7 Å². The lowest BCUT2D eigenvalue weighted by Crippen LogP contribution is -2.52. The van der Waals surface area contributed by atoms with Crippen LogP contribution < -0.4 is 15.5 Å². The maximum Gasteiger partial charge on any atom is 0.272 e. The Kier molecular flexibility index (Phi) is 7.59. The molecule has 3 amide bonds. The van der Waals surface area contributed by atoms with Gasteiger partial charge in [0.25, 0.3) is 5.91 Å². The SMILES string of the molecule is CC(CC(=O)N[C@@H](C)C(=O)N[C@H]1N=C(c2ccccc2)c2ccccc2N(C)C1=O)c1ccccc1. The van der Waals surface area contributed by atoms with E-state index in [2.05, 4.69) is 15.6 Å². The van der Waals surface area contributed by atoms with Crippen LogP contribution in [-0.2, 0) is 14.4 Å². The van der Waals surface area contributed by atoms with Crippen LogP contribution in [0.1, 0.15) is 42.9 Å². The lowest BCUT2D eigenvalue weighted by molar-refractivity contribution is -0.131. The molecule has 0 saturated carbocycles. The van der Waals surface area contributed by atoms with Gasteiger partial charge in [-0.15, -0.1) is 0 Å². The fourth-order valence-corrected chi connectivity index (χ4v) is 4.25. The minimum absolute atomic E-state index is 0.00933. The van der Waals surface area contributed by atoms with Crippen LogP contribution in [0.25, 0.3) is 0 Å². The normalized spacial score (nSPS) is 16.8. The summed E-state index contributed by atoms with van der Waals surface area (Å²) in [5.74, 6) is -1.07. The highest BCUT2D eigenvalue weighted by Crippen LogP contribution is 2.27. The molecule has 0 fully saturated rings. The Morgan fingerprint density at radius 2 is 1.53 bits per heavy atom. The Morgan fingerprint density at radius 3 is 2.22 bits per heavy atom. The predicted octanol–water partition coefficient (Wildman–Crippen LogP) is 3.64. The molecule has 0 spiro atoms. The molecule has 36 heavy (non-hydrogen) atoms. The number of hydrogen-bond donors (Lipinski definition) is 2. The van der Waals surface area contributed by atoms with Gasteiger partial charge in [0.2, 0.25) is 18.0 Å². The van der Waals surface area contributed by atoms with Gasteiger partial charge in [0.15, 0.2) is 0 Å². The number of fused-ring (bicyclic) bond motifs is 1. The fourth-order valence-electron chi connectivity index (χ4n) is 4.25. The monoisotopic (exact) mass is 482 g/mol. The highest BCUT2D eigenvalue weighted by atomic mass is 16.2. The summed E-state index contributed by atoms with van der Waals surface area (Å²) in [5, 5.41) is 5.48. The van der Waals surface area contributed by atoms with E-state index in [4.69, 9.17) is 0 Å². The van der Waals surface area contributed by atoms with Crippen LogP contribution in [0, 0.1) is 0 Å². The first-order valence-corrected chi connectivity index (χ1v) is 12.0. The van der Waals surface area contributed by atoms with Crippen LogP contribution in [0.4, 0.5) is 5.69 Å². The Labute approximate surface area is 211 Å². The van der Waals surface area contributed by atoms with Gasteiger partial charge in [-0.25, -0.2) is 4.99 Å². The van der Waals surface area contributed by atoms with E-state index in [-0.39, 0.29) is 24.2 Å². The summed E-state index contributed by atoms with van der Waals surface area (Å²) in [6.45, 7) is 3.57. The second kappa shape index (κ2) is 11.0. The quantitative estimate of drug-likeness (QED) is 0.539. The second-order valence-electron chi connectivity index (χ2n) is 8.97. The highest BCUT2D eigenvalue weighted by molar-refractivity contribution is 6.20. The summed E-state index contributed by atoms with van der Waals surface area (Å²) in [6, 6.07) is 26.0. The number of carbonyl (C=O) groups excluding carboxylic acids is 3. The van der Waals surface area contributed by atoms with E-state index in [0.29, 0.717) is 11.4 Å². The van der Waals surface area contributed by atoms with Crippen molar-refractivity contribution < 1.29 is 14.4 Å². The minimum Gasteiger partial charge on any atom is -0.345 e. The second-order valence-corrected chi connectivity index (χ2v) is 8.97. The molecule has 1 unspecified atom stereocenters. The molecule has 3 aromatic rings. The van der Waals surface area contributed by atoms with Crippen LogP contribution in [0.5, 0.6) is 0 Å². The van der Waals surface area contributed by atoms with E-state index in [1.165, 1.54) is 4.90 Å². The number of hydrogen-bond acceptors (Lipinski definition) is 4. The van der Waals surface area contributed by atoms with Crippen LogP contribution in [0.15, 0.2) is 89.9 Å². The molecular weight excluding hydrogens is 452 g/mol. The zero-order valence-electron chi connectivity index (χ0n) is 20.6. The number of nitrogens with one attached hydrogen (secondary N) is 2. The third-order valence-corrected chi connectivity index (χ3v) is 6.30. The van der Waals surface area contributed by atoms with Crippen molar-refractivity contribution in [3.05, 3.63) is 102 Å². The van der Waals surface area contributed by atoms with Gasteiger partial charge in [-0.1, -0.05) is 85.8 Å². The van der Waals surface area contributed by atoms with Gasteiger partial charge in [0.05, 0.1) is 11.4 Å². The summed E-state index contributed by atoms with van der Waals surface area (Å²) in [4.78, 5) is 45.1. The number of anilines is 1. The Bertz CT molecular complexity index is 1270. The largest absolute Gasteiger partial charge is 0.345 e. The van der Waals surface area contributed by atoms with Crippen molar-refractivity contribution in [3.63, 3.8) is 0 Å². The van der Waals surface area contributed by atoms with Gasteiger partial charge in [0.1, 0.15) is 6.04 Å². The van der Waals surface area contributed by atoms with Crippen molar-refractivity contribution in [2.75, 3.05) is 11.9 Å². The molecular formula is C29H30N4O3. The van der Waals surface area contributed by atoms with Crippen molar-refractivity contribution >= 4 is 29.1 Å². The van der Waals surface area contributed by atoms with Crippen molar-refractivity contribution in [2.24, 2.45) is 4.99 Å². The van der Waals surface area contributed by atoms with Crippen LogP contribution in [-0.4, -0.2) is 42.7 Å². The summed E-state index contributed by atoms with van der Waals surface area (Å²) in [6.07, 6.45) is -0.883. The van der Waals surface area contributed by atoms with Gasteiger partial charge >= 0.3 is 0 Å². The standard InChI is InChI=1S/C29H30N4O3/c1-19(21-12-6-4-7-13-21)18-25(34)30-20(2)28(35)32-27-29(36)33(3)24-17-11-10-16-23(24)26(31-27)22-14-8-5-9-15-22/h4-17,19-20,27H,18H2,1-3H3,(H,30,34)(H,32,35)/t19?,20-,27+/m0/s1. The van der Waals surface area contributed by atoms with E-state index in [1.807, 2.05) is 91.9 Å². The van der Waals surface area contributed by atoms with Gasteiger partial charge in [-0.3, -0.25) is 14.4 Å². The zero-order chi connectivity index (χ0) is 25.7. The minimum atomic E-state index is -1.13. The van der Waals surface area contributed by atoms with E-state index >= 15 is 0 Å². The summed E-state index contributed by atoms with van der Waals surface area (Å²) in [5.41, 5.74) is 4.01. The summed E-state index contributed by atoms with van der Waals surface area (Å²) >= 11 is 0. The first-order chi connectivity index (χ1) is 17.3.